The van der Waals surface area contributed by atoms with Crippen LogP contribution in [0.5, 0.6) is 11.5 Å². The Morgan fingerprint density at radius 1 is 1.05 bits per heavy atom. The zero-order valence-corrected chi connectivity index (χ0v) is 24.0. The minimum absolute atomic E-state index is 0.194. The zero-order valence-electron chi connectivity index (χ0n) is 24.0. The van der Waals surface area contributed by atoms with Crippen LogP contribution in [0.1, 0.15) is 60.1 Å². The quantitative estimate of drug-likeness (QED) is 0.252. The molecular formula is C32H34F3N3O5. The number of hydrogen-bond acceptors (Lipinski definition) is 7. The number of hydrogen-bond donors (Lipinski definition) is 2. The van der Waals surface area contributed by atoms with E-state index in [1.165, 1.54) is 6.07 Å². The van der Waals surface area contributed by atoms with Gasteiger partial charge >= 0.3 is 6.18 Å². The van der Waals surface area contributed by atoms with E-state index in [1.807, 2.05) is 12.1 Å². The highest BCUT2D eigenvalue weighted by Gasteiger charge is 2.42. The molecule has 6 rings (SSSR count). The molecule has 2 aliphatic heterocycles. The van der Waals surface area contributed by atoms with Crippen LogP contribution in [0.3, 0.4) is 0 Å². The average molecular weight is 598 g/mol. The van der Waals surface area contributed by atoms with E-state index in [2.05, 4.69) is 9.47 Å². The number of para-hydroxylation sites is 1. The molecule has 1 unspecified atom stereocenters. The van der Waals surface area contributed by atoms with E-state index < -0.39 is 23.8 Å². The van der Waals surface area contributed by atoms with Gasteiger partial charge in [-0.15, -0.1) is 0 Å². The van der Waals surface area contributed by atoms with E-state index in [1.54, 1.807) is 44.4 Å². The molecule has 2 aliphatic rings. The SMILES string of the molecule is COCCn1c(CN2CCC(c3cccc4c3OC(C)(c3cccc(C(F)(F)F)c3)O4)CC2)nc2ccc(C(O)O)cc21. The van der Waals surface area contributed by atoms with Crippen LogP contribution in [0, 0.1) is 0 Å². The number of benzene rings is 3. The Hall–Kier alpha value is -3.64. The summed E-state index contributed by atoms with van der Waals surface area (Å²) in [4.78, 5) is 7.19. The molecule has 0 aliphatic carbocycles. The molecule has 1 saturated heterocycles. The lowest BCUT2D eigenvalue weighted by atomic mass is 9.88. The van der Waals surface area contributed by atoms with E-state index >= 15 is 0 Å². The number of imidazole rings is 1. The second kappa shape index (κ2) is 11.5. The summed E-state index contributed by atoms with van der Waals surface area (Å²) in [5.41, 5.74) is 2.57. The van der Waals surface area contributed by atoms with Gasteiger partial charge < -0.3 is 29.0 Å². The van der Waals surface area contributed by atoms with Crippen LogP contribution in [0.25, 0.3) is 11.0 Å². The number of rotatable bonds is 8. The fraction of sp³-hybridized carbons (Fsp3) is 0.406. The Morgan fingerprint density at radius 3 is 2.53 bits per heavy atom. The van der Waals surface area contributed by atoms with Crippen molar-refractivity contribution in [1.82, 2.24) is 14.5 Å². The van der Waals surface area contributed by atoms with Gasteiger partial charge in [-0.25, -0.2) is 4.98 Å². The topological polar surface area (TPSA) is 89.2 Å². The number of alkyl halides is 3. The van der Waals surface area contributed by atoms with Gasteiger partial charge in [-0.2, -0.15) is 13.2 Å². The van der Waals surface area contributed by atoms with Crippen molar-refractivity contribution in [2.75, 3.05) is 26.8 Å². The summed E-state index contributed by atoms with van der Waals surface area (Å²) < 4.78 is 60.0. The molecule has 2 N–H and O–H groups in total. The van der Waals surface area contributed by atoms with Crippen LogP contribution in [0.15, 0.2) is 60.7 Å². The van der Waals surface area contributed by atoms with Crippen molar-refractivity contribution in [2.45, 2.75) is 57.0 Å². The van der Waals surface area contributed by atoms with Crippen LogP contribution in [0.2, 0.25) is 0 Å². The fourth-order valence-electron chi connectivity index (χ4n) is 6.07. The molecule has 43 heavy (non-hydrogen) atoms. The molecule has 0 radical (unpaired) electrons. The Morgan fingerprint density at radius 2 is 1.81 bits per heavy atom. The summed E-state index contributed by atoms with van der Waals surface area (Å²) in [5, 5.41) is 19.3. The highest BCUT2D eigenvalue weighted by atomic mass is 19.4. The Balaban J connectivity index is 1.17. The van der Waals surface area contributed by atoms with Gasteiger partial charge in [0.1, 0.15) is 5.82 Å². The number of fused-ring (bicyclic) bond motifs is 2. The maximum absolute atomic E-state index is 13.4. The summed E-state index contributed by atoms with van der Waals surface area (Å²) in [6, 6.07) is 16.0. The first kappa shape index (κ1) is 29.4. The van der Waals surface area contributed by atoms with Crippen LogP contribution < -0.4 is 9.47 Å². The maximum Gasteiger partial charge on any atom is 0.416 e. The third-order valence-electron chi connectivity index (χ3n) is 8.39. The van der Waals surface area contributed by atoms with Crippen molar-refractivity contribution in [3.63, 3.8) is 0 Å². The normalized spacial score (nSPS) is 19.5. The van der Waals surface area contributed by atoms with E-state index in [0.29, 0.717) is 42.3 Å². The van der Waals surface area contributed by atoms with E-state index in [0.717, 1.165) is 60.5 Å². The van der Waals surface area contributed by atoms with Crippen molar-refractivity contribution < 1.29 is 37.6 Å². The Kier molecular flexibility index (Phi) is 7.84. The second-order valence-corrected chi connectivity index (χ2v) is 11.2. The molecule has 3 aromatic carbocycles. The van der Waals surface area contributed by atoms with Gasteiger partial charge in [-0.05, 0) is 62.2 Å². The number of methoxy groups -OCH3 is 1. The Labute approximate surface area is 247 Å². The van der Waals surface area contributed by atoms with Crippen molar-refractivity contribution in [3.05, 3.63) is 88.7 Å². The molecule has 0 spiro atoms. The first-order chi connectivity index (χ1) is 20.6. The van der Waals surface area contributed by atoms with Gasteiger partial charge in [-0.1, -0.05) is 30.3 Å². The molecule has 0 bridgehead atoms. The summed E-state index contributed by atoms with van der Waals surface area (Å²) in [6.45, 7) is 4.98. The molecule has 1 fully saturated rings. The average Bonchev–Trinajstić information content (AvgIpc) is 3.52. The number of aromatic nitrogens is 2. The molecule has 1 aromatic heterocycles. The molecular weight excluding hydrogens is 563 g/mol. The smallest absolute Gasteiger partial charge is 0.416 e. The molecule has 8 nitrogen and oxygen atoms in total. The second-order valence-electron chi connectivity index (χ2n) is 11.2. The van der Waals surface area contributed by atoms with Crippen LogP contribution >= 0.6 is 0 Å². The molecule has 3 heterocycles. The van der Waals surface area contributed by atoms with Gasteiger partial charge in [0.15, 0.2) is 17.8 Å². The van der Waals surface area contributed by atoms with Gasteiger partial charge in [0.2, 0.25) is 0 Å². The predicted molar refractivity (Wildman–Crippen MR) is 153 cm³/mol. The molecule has 11 heteroatoms. The minimum Gasteiger partial charge on any atom is -0.445 e. The predicted octanol–water partition coefficient (Wildman–Crippen LogP) is 5.71. The first-order valence-corrected chi connectivity index (χ1v) is 14.3. The fourth-order valence-corrected chi connectivity index (χ4v) is 6.07. The number of nitrogens with zero attached hydrogens (tertiary/aromatic N) is 3. The number of halogens is 3. The lowest BCUT2D eigenvalue weighted by Crippen LogP contribution is -2.34. The third kappa shape index (κ3) is 5.82. The minimum atomic E-state index is -4.46. The van der Waals surface area contributed by atoms with Gasteiger partial charge in [-0.3, -0.25) is 4.90 Å². The highest BCUT2D eigenvalue weighted by molar-refractivity contribution is 5.77. The molecule has 1 atom stereocenters. The maximum atomic E-state index is 13.4. The first-order valence-electron chi connectivity index (χ1n) is 14.3. The monoisotopic (exact) mass is 597 g/mol. The molecule has 228 valence electrons. The largest absolute Gasteiger partial charge is 0.445 e. The number of ether oxygens (including phenoxy) is 3. The van der Waals surface area contributed by atoms with Crippen LogP contribution in [-0.2, 0) is 29.8 Å². The van der Waals surface area contributed by atoms with E-state index in [-0.39, 0.29) is 5.92 Å². The van der Waals surface area contributed by atoms with Crippen LogP contribution in [-0.4, -0.2) is 51.5 Å². The van der Waals surface area contributed by atoms with Gasteiger partial charge in [0.05, 0.1) is 29.7 Å². The number of aliphatic hydroxyl groups excluding tert-OH is 1. The zero-order chi connectivity index (χ0) is 30.4. The van der Waals surface area contributed by atoms with E-state index in [4.69, 9.17) is 19.2 Å². The summed E-state index contributed by atoms with van der Waals surface area (Å²) in [7, 11) is 1.64. The van der Waals surface area contributed by atoms with Gasteiger partial charge in [0, 0.05) is 37.3 Å². The Bertz CT molecular complexity index is 1610. The van der Waals surface area contributed by atoms with Crippen molar-refractivity contribution >= 4 is 11.0 Å². The number of piperidine rings is 1. The standard InChI is InChI=1S/C32H34F3N3O5/c1-31(22-5-3-6-23(18-22)32(33,34)35)42-27-8-4-7-24(29(27)43-31)20-11-13-37(14-12-20)19-28-36-25-10-9-21(30(39)40)17-26(25)38(28)15-16-41-2/h3-10,17-18,20,30,39-40H,11-16,19H2,1-2H3. The lowest BCUT2D eigenvalue weighted by Gasteiger charge is -2.32. The molecule has 0 saturated carbocycles. The van der Waals surface area contributed by atoms with Crippen molar-refractivity contribution in [2.24, 2.45) is 0 Å². The van der Waals surface area contributed by atoms with Crippen molar-refractivity contribution in [1.29, 1.82) is 0 Å². The lowest BCUT2D eigenvalue weighted by molar-refractivity contribution is -0.138. The van der Waals surface area contributed by atoms with E-state index in [9.17, 15) is 23.4 Å². The third-order valence-corrected chi connectivity index (χ3v) is 8.39. The summed E-state index contributed by atoms with van der Waals surface area (Å²) >= 11 is 0. The number of aliphatic hydroxyl groups is 2. The number of likely N-dealkylation sites (tertiary alicyclic amines) is 1. The summed E-state index contributed by atoms with van der Waals surface area (Å²) in [5.74, 6) is 0.820. The molecule has 0 amide bonds. The van der Waals surface area contributed by atoms with Gasteiger partial charge in [0.25, 0.3) is 5.79 Å². The van der Waals surface area contributed by atoms with Crippen molar-refractivity contribution in [3.8, 4) is 11.5 Å². The summed E-state index contributed by atoms with van der Waals surface area (Å²) in [6.07, 6.45) is -4.30. The van der Waals surface area contributed by atoms with Crippen LogP contribution in [0.4, 0.5) is 13.2 Å². The molecule has 4 aromatic rings. The highest BCUT2D eigenvalue weighted by Crippen LogP contribution is 2.49.